The first kappa shape index (κ1) is 14.6. The summed E-state index contributed by atoms with van der Waals surface area (Å²) in [5.41, 5.74) is 1.62. The molecule has 0 aliphatic carbocycles. The van der Waals surface area contributed by atoms with Crippen molar-refractivity contribution in [3.05, 3.63) is 29.5 Å². The van der Waals surface area contributed by atoms with E-state index in [0.29, 0.717) is 23.4 Å². The molecule has 0 radical (unpaired) electrons. The second-order valence-electron chi connectivity index (χ2n) is 6.60. The van der Waals surface area contributed by atoms with Crippen LogP contribution in [0.3, 0.4) is 0 Å². The molecule has 122 valence electrons. The van der Waals surface area contributed by atoms with E-state index in [-0.39, 0.29) is 5.91 Å². The van der Waals surface area contributed by atoms with Crippen LogP contribution in [0.4, 0.5) is 0 Å². The summed E-state index contributed by atoms with van der Waals surface area (Å²) in [5.74, 6) is 1.21. The Bertz CT molecular complexity index is 752. The van der Waals surface area contributed by atoms with Crippen molar-refractivity contribution in [2.45, 2.75) is 38.3 Å². The molecule has 2 aromatic rings. The Morgan fingerprint density at radius 2 is 2.13 bits per heavy atom. The van der Waals surface area contributed by atoms with Gasteiger partial charge in [-0.1, -0.05) is 0 Å². The number of carbonyl (C=O) groups excluding carboxylic acids is 1. The number of furan rings is 1. The standard InChI is InChI=1S/C18H22N2O3/c1-11-15-6-5-14(22-2)9-16(15)23-17(11)18(21)20-8-7-12-3-4-13(10-20)19-12/h5-6,9,12-13,19H,3-4,7-8,10H2,1-2H3/t12-,13+/m1/s1. The molecule has 0 spiro atoms. The predicted octanol–water partition coefficient (Wildman–Crippen LogP) is 2.72. The van der Waals surface area contributed by atoms with Gasteiger partial charge in [0.05, 0.1) is 7.11 Å². The molecule has 2 fully saturated rings. The molecule has 4 rings (SSSR count). The van der Waals surface area contributed by atoms with Gasteiger partial charge in [-0.25, -0.2) is 0 Å². The number of rotatable bonds is 2. The van der Waals surface area contributed by atoms with Crippen molar-refractivity contribution in [2.24, 2.45) is 0 Å². The fourth-order valence-electron chi connectivity index (χ4n) is 3.81. The van der Waals surface area contributed by atoms with Gasteiger partial charge < -0.3 is 19.4 Å². The van der Waals surface area contributed by atoms with Gasteiger partial charge in [0.1, 0.15) is 11.3 Å². The number of amides is 1. The van der Waals surface area contributed by atoms with Crippen LogP contribution in [-0.2, 0) is 0 Å². The lowest BCUT2D eigenvalue weighted by molar-refractivity contribution is 0.0717. The van der Waals surface area contributed by atoms with Crippen molar-refractivity contribution < 1.29 is 13.9 Å². The second kappa shape index (κ2) is 5.57. The second-order valence-corrected chi connectivity index (χ2v) is 6.60. The van der Waals surface area contributed by atoms with Gasteiger partial charge in [-0.15, -0.1) is 0 Å². The van der Waals surface area contributed by atoms with E-state index in [1.807, 2.05) is 30.0 Å². The third-order valence-electron chi connectivity index (χ3n) is 5.15. The van der Waals surface area contributed by atoms with Gasteiger partial charge in [0.25, 0.3) is 5.91 Å². The number of carbonyl (C=O) groups is 1. The van der Waals surface area contributed by atoms with Crippen molar-refractivity contribution >= 4 is 16.9 Å². The summed E-state index contributed by atoms with van der Waals surface area (Å²) in [6.45, 7) is 3.52. The summed E-state index contributed by atoms with van der Waals surface area (Å²) in [6.07, 6.45) is 3.41. The van der Waals surface area contributed by atoms with Gasteiger partial charge >= 0.3 is 0 Å². The molecule has 2 aliphatic heterocycles. The Morgan fingerprint density at radius 3 is 2.96 bits per heavy atom. The smallest absolute Gasteiger partial charge is 0.289 e. The van der Waals surface area contributed by atoms with Crippen LogP contribution in [0, 0.1) is 6.92 Å². The Hall–Kier alpha value is -2.01. The molecule has 1 N–H and O–H groups in total. The molecule has 2 saturated heterocycles. The Labute approximate surface area is 135 Å². The van der Waals surface area contributed by atoms with Gasteiger partial charge in [-0.3, -0.25) is 4.79 Å². The molecule has 5 nitrogen and oxygen atoms in total. The predicted molar refractivity (Wildman–Crippen MR) is 88.0 cm³/mol. The Morgan fingerprint density at radius 1 is 1.30 bits per heavy atom. The summed E-state index contributed by atoms with van der Waals surface area (Å²) < 4.78 is 11.1. The monoisotopic (exact) mass is 314 g/mol. The van der Waals surface area contributed by atoms with Crippen LogP contribution in [0.2, 0.25) is 0 Å². The fourth-order valence-corrected chi connectivity index (χ4v) is 3.81. The number of likely N-dealkylation sites (tertiary alicyclic amines) is 1. The van der Waals surface area contributed by atoms with E-state index in [4.69, 9.17) is 9.15 Å². The van der Waals surface area contributed by atoms with Gasteiger partial charge in [0.2, 0.25) is 0 Å². The molecule has 1 aromatic carbocycles. The van der Waals surface area contributed by atoms with E-state index in [9.17, 15) is 4.79 Å². The highest BCUT2D eigenvalue weighted by atomic mass is 16.5. The van der Waals surface area contributed by atoms with Crippen LogP contribution in [0.5, 0.6) is 5.75 Å². The zero-order valence-corrected chi connectivity index (χ0v) is 13.6. The molecule has 0 unspecified atom stereocenters. The molecule has 2 aliphatic rings. The lowest BCUT2D eigenvalue weighted by atomic mass is 10.1. The highest BCUT2D eigenvalue weighted by molar-refractivity contribution is 5.99. The van der Waals surface area contributed by atoms with E-state index in [1.54, 1.807) is 7.11 Å². The first-order valence-corrected chi connectivity index (χ1v) is 8.28. The fraction of sp³-hybridized carbons (Fsp3) is 0.500. The van der Waals surface area contributed by atoms with Crippen molar-refractivity contribution in [3.63, 3.8) is 0 Å². The maximum atomic E-state index is 12.9. The van der Waals surface area contributed by atoms with Crippen LogP contribution in [0.25, 0.3) is 11.0 Å². The van der Waals surface area contributed by atoms with Crippen LogP contribution in [0.1, 0.15) is 35.4 Å². The van der Waals surface area contributed by atoms with Crippen LogP contribution < -0.4 is 10.1 Å². The number of benzene rings is 1. The largest absolute Gasteiger partial charge is 0.497 e. The average Bonchev–Trinajstić information content (AvgIpc) is 3.06. The van der Waals surface area contributed by atoms with Crippen molar-refractivity contribution in [1.29, 1.82) is 0 Å². The first-order valence-electron chi connectivity index (χ1n) is 8.28. The van der Waals surface area contributed by atoms with E-state index >= 15 is 0 Å². The zero-order valence-electron chi connectivity index (χ0n) is 13.6. The maximum absolute atomic E-state index is 12.9. The third kappa shape index (κ3) is 2.49. The molecule has 23 heavy (non-hydrogen) atoms. The lowest BCUT2D eigenvalue weighted by Gasteiger charge is -2.23. The zero-order chi connectivity index (χ0) is 16.0. The van der Waals surface area contributed by atoms with Gasteiger partial charge in [0.15, 0.2) is 5.76 Å². The topological polar surface area (TPSA) is 54.7 Å². The van der Waals surface area contributed by atoms with Crippen molar-refractivity contribution in [3.8, 4) is 5.75 Å². The van der Waals surface area contributed by atoms with Crippen LogP contribution in [0.15, 0.2) is 22.6 Å². The average molecular weight is 314 g/mol. The minimum Gasteiger partial charge on any atom is -0.497 e. The summed E-state index contributed by atoms with van der Waals surface area (Å²) in [6, 6.07) is 6.68. The maximum Gasteiger partial charge on any atom is 0.289 e. The van der Waals surface area contributed by atoms with E-state index in [1.165, 1.54) is 6.42 Å². The molecular formula is C18H22N2O3. The number of fused-ring (bicyclic) bond motifs is 3. The SMILES string of the molecule is COc1ccc2c(C)c(C(=O)N3CC[C@H]4CC[C@@H](C3)N4)oc2c1. The number of ether oxygens (including phenoxy) is 1. The van der Waals surface area contributed by atoms with Crippen LogP contribution >= 0.6 is 0 Å². The molecule has 0 saturated carbocycles. The Balaban J connectivity index is 1.65. The highest BCUT2D eigenvalue weighted by Crippen LogP contribution is 2.30. The molecule has 1 aromatic heterocycles. The molecular weight excluding hydrogens is 292 g/mol. The van der Waals surface area contributed by atoms with E-state index in [2.05, 4.69) is 5.32 Å². The quantitative estimate of drug-likeness (QED) is 0.926. The molecule has 2 bridgehead atoms. The van der Waals surface area contributed by atoms with Crippen molar-refractivity contribution in [1.82, 2.24) is 10.2 Å². The molecule has 5 heteroatoms. The molecule has 2 atom stereocenters. The molecule has 3 heterocycles. The lowest BCUT2D eigenvalue weighted by Crippen LogP contribution is -2.39. The van der Waals surface area contributed by atoms with E-state index in [0.717, 1.165) is 42.6 Å². The summed E-state index contributed by atoms with van der Waals surface area (Å²) in [5, 5.41) is 4.58. The summed E-state index contributed by atoms with van der Waals surface area (Å²) in [7, 11) is 1.63. The summed E-state index contributed by atoms with van der Waals surface area (Å²) in [4.78, 5) is 14.9. The van der Waals surface area contributed by atoms with Gasteiger partial charge in [-0.2, -0.15) is 0 Å². The first-order chi connectivity index (χ1) is 11.2. The number of hydrogen-bond donors (Lipinski definition) is 1. The van der Waals surface area contributed by atoms with Gasteiger partial charge in [0, 0.05) is 42.2 Å². The third-order valence-corrected chi connectivity index (χ3v) is 5.15. The molecule has 1 amide bonds. The van der Waals surface area contributed by atoms with E-state index < -0.39 is 0 Å². The summed E-state index contributed by atoms with van der Waals surface area (Å²) >= 11 is 0. The number of methoxy groups -OCH3 is 1. The minimum absolute atomic E-state index is 0.00650. The number of hydrogen-bond acceptors (Lipinski definition) is 4. The van der Waals surface area contributed by atoms with Gasteiger partial charge in [-0.05, 0) is 38.3 Å². The highest BCUT2D eigenvalue weighted by Gasteiger charge is 2.33. The normalized spacial score (nSPS) is 24.0. The number of aryl methyl sites for hydroxylation is 1. The number of nitrogens with one attached hydrogen (secondary N) is 1. The minimum atomic E-state index is 0.00650. The van der Waals surface area contributed by atoms with Crippen molar-refractivity contribution in [2.75, 3.05) is 20.2 Å². The number of nitrogens with zero attached hydrogens (tertiary/aromatic N) is 1. The van der Waals surface area contributed by atoms with Crippen LogP contribution in [-0.4, -0.2) is 43.1 Å². The Kier molecular flexibility index (Phi) is 3.53.